The molecule has 0 spiro atoms. The van der Waals surface area contributed by atoms with Gasteiger partial charge in [0.25, 0.3) is 17.4 Å². The number of aryl methyl sites for hydroxylation is 1. The number of nitrogens with one attached hydrogen (secondary N) is 2. The van der Waals surface area contributed by atoms with Crippen LogP contribution in [0.25, 0.3) is 27.8 Å². The molecule has 0 fully saturated rings. The molecule has 1 aromatic carbocycles. The Morgan fingerprint density at radius 3 is 2.59 bits per heavy atom. The number of carbonyl (C=O) groups is 2. The molecule has 0 saturated carbocycles. The molecular weight excluding hydrogens is 588 g/mol. The topological polar surface area (TPSA) is 150 Å². The van der Waals surface area contributed by atoms with Crippen molar-refractivity contribution < 1.29 is 9.59 Å². The summed E-state index contributed by atoms with van der Waals surface area (Å²) in [6.07, 6.45) is 4.89. The number of anilines is 2. The van der Waals surface area contributed by atoms with E-state index in [4.69, 9.17) is 5.73 Å². The number of aromatic nitrogens is 5. The average Bonchev–Trinajstić information content (AvgIpc) is 3.31. The van der Waals surface area contributed by atoms with Gasteiger partial charge in [0.05, 0.1) is 17.6 Å². The highest BCUT2D eigenvalue weighted by molar-refractivity contribution is 9.10. The lowest BCUT2D eigenvalue weighted by atomic mass is 10.1. The number of rotatable bonds is 6. The zero-order valence-electron chi connectivity index (χ0n) is 22.0. The number of hydrogen-bond acceptors (Lipinski definition) is 7. The second-order valence-electron chi connectivity index (χ2n) is 8.88. The van der Waals surface area contributed by atoms with Gasteiger partial charge < -0.3 is 20.9 Å². The van der Waals surface area contributed by atoms with Gasteiger partial charge in [-0.05, 0) is 59.1 Å². The van der Waals surface area contributed by atoms with E-state index >= 15 is 0 Å². The molecule has 204 valence electrons. The Kier molecular flexibility index (Phi) is 7.62. The van der Waals surface area contributed by atoms with Gasteiger partial charge in [0.1, 0.15) is 29.2 Å². The number of fused-ring (bicyclic) bond motifs is 1. The highest BCUT2D eigenvalue weighted by atomic mass is 79.9. The largest absolute Gasteiger partial charge is 0.383 e. The smallest absolute Gasteiger partial charge is 0.296 e. The summed E-state index contributed by atoms with van der Waals surface area (Å²) in [5.41, 5.74) is 8.64. The van der Waals surface area contributed by atoms with E-state index < -0.39 is 17.4 Å². The van der Waals surface area contributed by atoms with E-state index in [0.29, 0.717) is 32.7 Å². The van der Waals surface area contributed by atoms with Crippen molar-refractivity contribution in [1.82, 2.24) is 29.4 Å². The number of pyridine rings is 2. The fourth-order valence-electron chi connectivity index (χ4n) is 4.38. The van der Waals surface area contributed by atoms with Gasteiger partial charge in [-0.3, -0.25) is 19.0 Å². The molecular formula is C29H23BrN8O3. The van der Waals surface area contributed by atoms with Gasteiger partial charge in [-0.15, -0.1) is 0 Å². The van der Waals surface area contributed by atoms with Crippen LogP contribution in [0.5, 0.6) is 0 Å². The Morgan fingerprint density at radius 2 is 1.88 bits per heavy atom. The zero-order valence-corrected chi connectivity index (χ0v) is 23.6. The zero-order chi connectivity index (χ0) is 29.1. The van der Waals surface area contributed by atoms with Crippen molar-refractivity contribution in [1.29, 1.82) is 0 Å². The van der Waals surface area contributed by atoms with Crippen molar-refractivity contribution in [3.63, 3.8) is 0 Å². The monoisotopic (exact) mass is 610 g/mol. The number of carbonyl (C=O) groups excluding carboxylic acids is 2. The van der Waals surface area contributed by atoms with Gasteiger partial charge in [0.2, 0.25) is 0 Å². The van der Waals surface area contributed by atoms with E-state index in [1.165, 1.54) is 17.0 Å². The summed E-state index contributed by atoms with van der Waals surface area (Å²) in [6, 6.07) is 13.7. The lowest BCUT2D eigenvalue weighted by Crippen LogP contribution is -2.33. The Morgan fingerprint density at radius 1 is 1.10 bits per heavy atom. The van der Waals surface area contributed by atoms with Crippen molar-refractivity contribution >= 4 is 50.4 Å². The third-order valence-corrected chi connectivity index (χ3v) is 6.95. The van der Waals surface area contributed by atoms with E-state index in [0.717, 1.165) is 11.1 Å². The summed E-state index contributed by atoms with van der Waals surface area (Å²) in [6.45, 7) is 1.56. The van der Waals surface area contributed by atoms with Gasteiger partial charge in [-0.2, -0.15) is 0 Å². The Hall–Kier alpha value is -5.28. The summed E-state index contributed by atoms with van der Waals surface area (Å²) < 4.78 is 3.68. The van der Waals surface area contributed by atoms with Crippen LogP contribution in [0.4, 0.5) is 11.6 Å². The predicted molar refractivity (Wildman–Crippen MR) is 159 cm³/mol. The maximum atomic E-state index is 13.6. The maximum absolute atomic E-state index is 13.6. The van der Waals surface area contributed by atoms with E-state index in [1.54, 1.807) is 49.5 Å². The van der Waals surface area contributed by atoms with Crippen molar-refractivity contribution in [3.8, 4) is 28.7 Å². The Bertz CT molecular complexity index is 1920. The minimum Gasteiger partial charge on any atom is -0.383 e. The molecule has 0 atom stereocenters. The van der Waals surface area contributed by atoms with Crippen LogP contribution in [0.1, 0.15) is 23.0 Å². The molecule has 5 rings (SSSR count). The summed E-state index contributed by atoms with van der Waals surface area (Å²) in [5.74, 6) is 4.41. The van der Waals surface area contributed by atoms with Crippen molar-refractivity contribution in [2.75, 3.05) is 11.1 Å². The molecule has 0 unspecified atom stereocenters. The van der Waals surface area contributed by atoms with Crippen molar-refractivity contribution in [2.24, 2.45) is 7.05 Å². The predicted octanol–water partition coefficient (Wildman–Crippen LogP) is 3.42. The lowest BCUT2D eigenvalue weighted by Gasteiger charge is -2.17. The molecule has 4 N–H and O–H groups in total. The second kappa shape index (κ2) is 11.4. The molecule has 0 bridgehead atoms. The summed E-state index contributed by atoms with van der Waals surface area (Å²) >= 11 is 3.47. The third-order valence-electron chi connectivity index (χ3n) is 6.26. The lowest BCUT2D eigenvalue weighted by molar-refractivity contribution is -0.115. The van der Waals surface area contributed by atoms with Gasteiger partial charge >= 0.3 is 0 Å². The summed E-state index contributed by atoms with van der Waals surface area (Å²) in [7, 11) is 1.86. The second-order valence-corrected chi connectivity index (χ2v) is 9.74. The molecule has 5 aromatic rings. The number of nitrogens with zero attached hydrogens (tertiary/aromatic N) is 5. The molecule has 11 nitrogen and oxygen atoms in total. The first-order valence-corrected chi connectivity index (χ1v) is 13.1. The minimum atomic E-state index is -0.643. The van der Waals surface area contributed by atoms with E-state index in [1.807, 2.05) is 23.9 Å². The molecule has 0 radical (unpaired) electrons. The first-order valence-electron chi connectivity index (χ1n) is 12.3. The quantitative estimate of drug-likeness (QED) is 0.249. The van der Waals surface area contributed by atoms with Crippen LogP contribution in [-0.2, 0) is 18.4 Å². The molecule has 4 aromatic heterocycles. The van der Waals surface area contributed by atoms with Gasteiger partial charge in [-0.25, -0.2) is 15.0 Å². The SMILES string of the molecule is CC#CC(=O)NCc1c(Br)cc(C(=O)Nc2ccc(-c3cn(C)c4ncnc(N)c34)cn2)c(=O)n1-c1ccccc1. The van der Waals surface area contributed by atoms with Crippen LogP contribution in [-0.4, -0.2) is 35.9 Å². The fraction of sp³-hybridized carbons (Fsp3) is 0.103. The maximum Gasteiger partial charge on any atom is 0.296 e. The normalized spacial score (nSPS) is 10.6. The van der Waals surface area contributed by atoms with Crippen LogP contribution in [0.3, 0.4) is 0 Å². The fourth-order valence-corrected chi connectivity index (χ4v) is 4.93. The van der Waals surface area contributed by atoms with Gasteiger partial charge in [-0.1, -0.05) is 24.1 Å². The van der Waals surface area contributed by atoms with Crippen molar-refractivity contribution in [3.05, 3.63) is 93.3 Å². The van der Waals surface area contributed by atoms with Gasteiger partial charge in [0.15, 0.2) is 0 Å². The Balaban J connectivity index is 1.46. The molecule has 4 heterocycles. The van der Waals surface area contributed by atoms with Gasteiger partial charge in [0, 0.05) is 40.7 Å². The molecule has 41 heavy (non-hydrogen) atoms. The molecule has 12 heteroatoms. The van der Waals surface area contributed by atoms with Crippen LogP contribution in [0.15, 0.2) is 76.5 Å². The number of benzene rings is 1. The van der Waals surface area contributed by atoms with E-state index in [9.17, 15) is 14.4 Å². The number of nitrogen functional groups attached to an aromatic ring is 1. The summed E-state index contributed by atoms with van der Waals surface area (Å²) in [5, 5.41) is 6.07. The van der Waals surface area contributed by atoms with Crippen LogP contribution < -0.4 is 21.9 Å². The van der Waals surface area contributed by atoms with E-state index in [2.05, 4.69) is 53.4 Å². The van der Waals surface area contributed by atoms with Crippen LogP contribution in [0.2, 0.25) is 0 Å². The van der Waals surface area contributed by atoms with Crippen molar-refractivity contribution in [2.45, 2.75) is 13.5 Å². The number of hydrogen-bond donors (Lipinski definition) is 3. The highest BCUT2D eigenvalue weighted by Gasteiger charge is 2.21. The summed E-state index contributed by atoms with van der Waals surface area (Å²) in [4.78, 5) is 51.7. The Labute approximate surface area is 242 Å². The van der Waals surface area contributed by atoms with E-state index in [-0.39, 0.29) is 17.9 Å². The number of amides is 2. The number of halogens is 1. The number of para-hydroxylation sites is 1. The molecule has 0 aliphatic rings. The first kappa shape index (κ1) is 27.3. The van der Waals surface area contributed by atoms with Crippen LogP contribution >= 0.6 is 15.9 Å². The molecule has 0 saturated heterocycles. The third kappa shape index (κ3) is 5.43. The molecule has 2 amide bonds. The standard InChI is InChI=1S/C29H23BrN8O3/c1-3-7-24(39)33-14-22-21(30)12-19(29(41)38(22)18-8-5-4-6-9-18)28(40)36-23-11-10-17(13-32-23)20-15-37(2)27-25(20)26(31)34-16-35-27/h4-6,8-13,15-16H,14H2,1-2H3,(H,33,39)(H2,31,34,35)(H,32,36,40). The number of nitrogens with two attached hydrogens (primary N) is 1. The molecule has 0 aliphatic heterocycles. The minimum absolute atomic E-state index is 0.00682. The first-order chi connectivity index (χ1) is 19.8. The van der Waals surface area contributed by atoms with Crippen LogP contribution in [0, 0.1) is 11.8 Å². The highest BCUT2D eigenvalue weighted by Crippen LogP contribution is 2.32. The molecule has 0 aliphatic carbocycles. The average molecular weight is 611 g/mol.